The lowest BCUT2D eigenvalue weighted by molar-refractivity contribution is -0.135. The maximum Gasteiger partial charge on any atom is 0.323 e. The molecule has 1 aromatic carbocycles. The number of hydrogen-bond donors (Lipinski definition) is 1. The summed E-state index contributed by atoms with van der Waals surface area (Å²) in [4.78, 5) is 14.4. The predicted octanol–water partition coefficient (Wildman–Crippen LogP) is 1.17. The van der Waals surface area contributed by atoms with Gasteiger partial charge in [0.25, 0.3) is 0 Å². The van der Waals surface area contributed by atoms with Crippen molar-refractivity contribution in [1.82, 2.24) is 0 Å². The average Bonchev–Trinajstić information content (AvgIpc) is 2.22. The third-order valence-corrected chi connectivity index (χ3v) is 2.72. The quantitative estimate of drug-likeness (QED) is 0.818. The number of hydrogen-bond acceptors (Lipinski definition) is 3. The summed E-state index contributed by atoms with van der Waals surface area (Å²) in [6.07, 6.45) is 0. The normalized spacial score (nSPS) is 14.9. The first kappa shape index (κ1) is 10.7. The number of rotatable bonds is 2. The van der Waals surface area contributed by atoms with Crippen LogP contribution in [0.2, 0.25) is 0 Å². The molecule has 0 saturated heterocycles. The minimum atomic E-state index is -0.903. The lowest BCUT2D eigenvalue weighted by atomic mass is 10.1. The van der Waals surface area contributed by atoms with Crippen molar-refractivity contribution < 1.29 is 14.3 Å². The van der Waals surface area contributed by atoms with Gasteiger partial charge in [0, 0.05) is 20.1 Å². The Hall–Kier alpha value is -1.78. The Balaban J connectivity index is 2.37. The molecule has 0 saturated carbocycles. The number of carboxylic acid groups (broad SMARTS) is 1. The number of likely N-dealkylation sites (N-methyl/N-ethyl adjacent to an activating group) is 1. The van der Waals surface area contributed by atoms with E-state index in [9.17, 15) is 9.18 Å². The van der Waals surface area contributed by atoms with Gasteiger partial charge >= 0.3 is 5.97 Å². The zero-order valence-electron chi connectivity index (χ0n) is 8.98. The molecular weight excluding hydrogens is 211 g/mol. The van der Waals surface area contributed by atoms with Gasteiger partial charge in [0.05, 0.1) is 11.4 Å². The van der Waals surface area contributed by atoms with E-state index in [1.807, 2.05) is 11.9 Å². The van der Waals surface area contributed by atoms with Crippen LogP contribution in [0.4, 0.5) is 15.8 Å². The molecule has 0 amide bonds. The zero-order valence-corrected chi connectivity index (χ0v) is 8.98. The van der Waals surface area contributed by atoms with Crippen LogP contribution >= 0.6 is 0 Å². The summed E-state index contributed by atoms with van der Waals surface area (Å²) < 4.78 is 13.1. The molecule has 0 fully saturated rings. The molecule has 0 radical (unpaired) electrons. The number of carbonyl (C=O) groups is 1. The molecule has 0 unspecified atom stereocenters. The topological polar surface area (TPSA) is 43.8 Å². The van der Waals surface area contributed by atoms with Crippen LogP contribution in [0, 0.1) is 5.82 Å². The molecule has 1 aromatic rings. The number of carboxylic acids is 1. The number of anilines is 2. The van der Waals surface area contributed by atoms with Gasteiger partial charge in [-0.2, -0.15) is 0 Å². The molecule has 16 heavy (non-hydrogen) atoms. The maximum atomic E-state index is 13.1. The molecule has 1 aliphatic rings. The molecular formula is C11H13FN2O2. The van der Waals surface area contributed by atoms with Gasteiger partial charge in [-0.15, -0.1) is 0 Å². The zero-order chi connectivity index (χ0) is 11.7. The van der Waals surface area contributed by atoms with Gasteiger partial charge in [0.2, 0.25) is 0 Å². The summed E-state index contributed by atoms with van der Waals surface area (Å²) >= 11 is 0. The van der Waals surface area contributed by atoms with Crippen LogP contribution in [0.25, 0.3) is 0 Å². The fraction of sp³-hybridized carbons (Fsp3) is 0.364. The standard InChI is InChI=1S/C11H13FN2O2/c1-13-4-5-14(7-11(15)16)10-6-8(12)2-3-9(10)13/h2-3,6H,4-5,7H2,1H3,(H,15,16). The highest BCUT2D eigenvalue weighted by molar-refractivity contribution is 5.79. The van der Waals surface area contributed by atoms with Crippen molar-refractivity contribution in [3.63, 3.8) is 0 Å². The first-order valence-electron chi connectivity index (χ1n) is 5.05. The molecule has 0 aromatic heterocycles. The first-order valence-corrected chi connectivity index (χ1v) is 5.05. The Morgan fingerprint density at radius 2 is 2.19 bits per heavy atom. The largest absolute Gasteiger partial charge is 0.480 e. The summed E-state index contributed by atoms with van der Waals surface area (Å²) in [6, 6.07) is 4.45. The molecule has 0 spiro atoms. The average molecular weight is 224 g/mol. The first-order chi connectivity index (χ1) is 7.58. The summed E-state index contributed by atoms with van der Waals surface area (Å²) in [5, 5.41) is 8.78. The second-order valence-corrected chi connectivity index (χ2v) is 3.87. The molecule has 4 nitrogen and oxygen atoms in total. The van der Waals surface area contributed by atoms with Crippen LogP contribution in [-0.4, -0.2) is 37.8 Å². The highest BCUT2D eigenvalue weighted by Gasteiger charge is 2.22. The molecule has 2 rings (SSSR count). The SMILES string of the molecule is CN1CCN(CC(=O)O)c2cc(F)ccc21. The highest BCUT2D eigenvalue weighted by Crippen LogP contribution is 2.32. The van der Waals surface area contributed by atoms with Gasteiger partial charge in [0.15, 0.2) is 0 Å². The second-order valence-electron chi connectivity index (χ2n) is 3.87. The Labute approximate surface area is 92.9 Å². The monoisotopic (exact) mass is 224 g/mol. The number of nitrogens with zero attached hydrogens (tertiary/aromatic N) is 2. The third-order valence-electron chi connectivity index (χ3n) is 2.72. The van der Waals surface area contributed by atoms with Crippen LogP contribution in [-0.2, 0) is 4.79 Å². The molecule has 1 heterocycles. The Morgan fingerprint density at radius 1 is 1.44 bits per heavy atom. The molecule has 0 aliphatic carbocycles. The molecule has 1 N–H and O–H groups in total. The van der Waals surface area contributed by atoms with Crippen molar-refractivity contribution in [2.75, 3.05) is 36.5 Å². The summed E-state index contributed by atoms with van der Waals surface area (Å²) in [5.74, 6) is -1.25. The van der Waals surface area contributed by atoms with Crippen molar-refractivity contribution in [3.05, 3.63) is 24.0 Å². The van der Waals surface area contributed by atoms with E-state index in [0.29, 0.717) is 12.2 Å². The Morgan fingerprint density at radius 3 is 2.88 bits per heavy atom. The fourth-order valence-electron chi connectivity index (χ4n) is 1.91. The molecule has 5 heteroatoms. The van der Waals surface area contributed by atoms with E-state index >= 15 is 0 Å². The number of halogens is 1. The van der Waals surface area contributed by atoms with E-state index in [1.54, 1.807) is 11.0 Å². The van der Waals surface area contributed by atoms with E-state index in [4.69, 9.17) is 5.11 Å². The molecule has 0 atom stereocenters. The van der Waals surface area contributed by atoms with Gasteiger partial charge in [-0.3, -0.25) is 4.79 Å². The highest BCUT2D eigenvalue weighted by atomic mass is 19.1. The minimum Gasteiger partial charge on any atom is -0.480 e. The number of fused-ring (bicyclic) bond motifs is 1. The number of benzene rings is 1. The van der Waals surface area contributed by atoms with Crippen LogP contribution in [0.5, 0.6) is 0 Å². The van der Waals surface area contributed by atoms with E-state index in [2.05, 4.69) is 0 Å². The molecule has 86 valence electrons. The van der Waals surface area contributed by atoms with Crippen LogP contribution < -0.4 is 9.80 Å². The van der Waals surface area contributed by atoms with Gasteiger partial charge in [-0.05, 0) is 18.2 Å². The van der Waals surface area contributed by atoms with Crippen LogP contribution in [0.15, 0.2) is 18.2 Å². The Bertz CT molecular complexity index is 422. The van der Waals surface area contributed by atoms with Gasteiger partial charge < -0.3 is 14.9 Å². The summed E-state index contributed by atoms with van der Waals surface area (Å²) in [6.45, 7) is 1.25. The summed E-state index contributed by atoms with van der Waals surface area (Å²) in [5.41, 5.74) is 1.52. The predicted molar refractivity (Wildman–Crippen MR) is 59.5 cm³/mol. The molecule has 1 aliphatic heterocycles. The second kappa shape index (κ2) is 4.00. The maximum absolute atomic E-state index is 13.1. The van der Waals surface area contributed by atoms with Crippen LogP contribution in [0.1, 0.15) is 0 Å². The lowest BCUT2D eigenvalue weighted by Crippen LogP contribution is -2.41. The third kappa shape index (κ3) is 1.93. The van der Waals surface area contributed by atoms with Crippen molar-refractivity contribution >= 4 is 17.3 Å². The molecule has 0 bridgehead atoms. The fourth-order valence-corrected chi connectivity index (χ4v) is 1.91. The van der Waals surface area contributed by atoms with Gasteiger partial charge in [-0.25, -0.2) is 4.39 Å². The minimum absolute atomic E-state index is 0.0930. The van der Waals surface area contributed by atoms with E-state index in [0.717, 1.165) is 12.2 Å². The van der Waals surface area contributed by atoms with Crippen molar-refractivity contribution in [3.8, 4) is 0 Å². The lowest BCUT2D eigenvalue weighted by Gasteiger charge is -2.36. The number of aliphatic carboxylic acids is 1. The Kier molecular flexibility index (Phi) is 2.68. The smallest absolute Gasteiger partial charge is 0.323 e. The van der Waals surface area contributed by atoms with Gasteiger partial charge in [0.1, 0.15) is 12.4 Å². The van der Waals surface area contributed by atoms with E-state index in [-0.39, 0.29) is 12.4 Å². The van der Waals surface area contributed by atoms with Crippen molar-refractivity contribution in [2.45, 2.75) is 0 Å². The van der Waals surface area contributed by atoms with Crippen LogP contribution in [0.3, 0.4) is 0 Å². The van der Waals surface area contributed by atoms with E-state index in [1.165, 1.54) is 12.1 Å². The summed E-state index contributed by atoms with van der Waals surface area (Å²) in [7, 11) is 1.91. The van der Waals surface area contributed by atoms with Crippen molar-refractivity contribution in [1.29, 1.82) is 0 Å². The van der Waals surface area contributed by atoms with Gasteiger partial charge in [-0.1, -0.05) is 0 Å². The van der Waals surface area contributed by atoms with Crippen molar-refractivity contribution in [2.24, 2.45) is 0 Å². The van der Waals surface area contributed by atoms with E-state index < -0.39 is 5.97 Å².